The van der Waals surface area contributed by atoms with E-state index in [0.29, 0.717) is 30.9 Å². The Morgan fingerprint density at radius 1 is 1.03 bits per heavy atom. The number of fused-ring (bicyclic) bond motifs is 1. The van der Waals surface area contributed by atoms with Crippen LogP contribution >= 0.6 is 0 Å². The smallest absolute Gasteiger partial charge is 0.288 e. The van der Waals surface area contributed by atoms with Crippen LogP contribution in [0.1, 0.15) is 23.1 Å². The molecule has 2 aromatic rings. The first-order chi connectivity index (χ1) is 14.1. The molecule has 29 heavy (non-hydrogen) atoms. The highest BCUT2D eigenvalue weighted by Crippen LogP contribution is 2.28. The second-order valence-corrected chi connectivity index (χ2v) is 7.68. The van der Waals surface area contributed by atoms with Crippen molar-refractivity contribution in [2.45, 2.75) is 31.8 Å². The van der Waals surface area contributed by atoms with Crippen LogP contribution in [0.25, 0.3) is 0 Å². The van der Waals surface area contributed by atoms with Gasteiger partial charge in [0.25, 0.3) is 5.91 Å². The molecule has 0 aliphatic carbocycles. The number of methoxy groups -OCH3 is 2. The molecule has 6 nitrogen and oxygen atoms in total. The van der Waals surface area contributed by atoms with Crippen molar-refractivity contribution in [2.24, 2.45) is 0 Å². The van der Waals surface area contributed by atoms with Crippen molar-refractivity contribution >= 4 is 11.8 Å². The second-order valence-electron chi connectivity index (χ2n) is 7.68. The number of imide groups is 1. The molecular formula is C23H27N2O4+. The van der Waals surface area contributed by atoms with Gasteiger partial charge < -0.3 is 14.4 Å². The molecule has 1 N–H and O–H groups in total. The number of nitrogens with zero attached hydrogens (tertiary/aromatic N) is 1. The highest BCUT2D eigenvalue weighted by atomic mass is 16.5. The quantitative estimate of drug-likeness (QED) is 0.742. The van der Waals surface area contributed by atoms with Gasteiger partial charge in [0.15, 0.2) is 17.5 Å². The van der Waals surface area contributed by atoms with Crippen molar-refractivity contribution < 1.29 is 24.0 Å². The standard InChI is InChI=1S/C23H26N2O4/c1-28-20-8-7-16(13-21(20)29-2)9-12-25-22(26)14-19(23(25)27)24-11-10-17-5-3-4-6-18(17)15-24/h3-8,13,19H,9-12,14-15H2,1-2H3/p+1/t19-/m1/s1. The molecule has 6 heteroatoms. The molecule has 2 aliphatic rings. The lowest BCUT2D eigenvalue weighted by molar-refractivity contribution is -0.930. The SMILES string of the molecule is COc1ccc(CCN2C(=O)C[C@@H]([NH+]3CCc4ccccc4C3)C2=O)cc1OC. The molecule has 2 aromatic carbocycles. The van der Waals surface area contributed by atoms with Gasteiger partial charge in [-0.3, -0.25) is 14.5 Å². The van der Waals surface area contributed by atoms with E-state index in [4.69, 9.17) is 9.47 Å². The lowest BCUT2D eigenvalue weighted by Gasteiger charge is -2.29. The van der Waals surface area contributed by atoms with E-state index in [1.807, 2.05) is 24.3 Å². The summed E-state index contributed by atoms with van der Waals surface area (Å²) < 4.78 is 10.6. The van der Waals surface area contributed by atoms with Gasteiger partial charge in [0.05, 0.1) is 27.2 Å². The average Bonchev–Trinajstić information content (AvgIpc) is 3.05. The molecule has 2 atom stereocenters. The topological polar surface area (TPSA) is 60.3 Å². The van der Waals surface area contributed by atoms with Gasteiger partial charge in [0.2, 0.25) is 5.91 Å². The summed E-state index contributed by atoms with van der Waals surface area (Å²) in [6, 6.07) is 13.8. The highest BCUT2D eigenvalue weighted by Gasteiger charge is 2.45. The van der Waals surface area contributed by atoms with E-state index < -0.39 is 0 Å². The zero-order valence-electron chi connectivity index (χ0n) is 16.9. The molecule has 2 aliphatic heterocycles. The molecule has 1 fully saturated rings. The Bertz CT molecular complexity index is 927. The fraction of sp³-hybridized carbons (Fsp3) is 0.391. The van der Waals surface area contributed by atoms with Crippen molar-refractivity contribution in [1.82, 2.24) is 4.90 Å². The number of carbonyl (C=O) groups excluding carboxylic acids is 2. The fourth-order valence-electron chi connectivity index (χ4n) is 4.41. The monoisotopic (exact) mass is 395 g/mol. The second kappa shape index (κ2) is 8.25. The van der Waals surface area contributed by atoms with Crippen molar-refractivity contribution in [1.29, 1.82) is 0 Å². The van der Waals surface area contributed by atoms with Gasteiger partial charge in [0, 0.05) is 18.5 Å². The molecule has 2 heterocycles. The number of likely N-dealkylation sites (tertiary alicyclic amines) is 1. The third kappa shape index (κ3) is 3.85. The van der Waals surface area contributed by atoms with Crippen LogP contribution in [0.15, 0.2) is 42.5 Å². The molecule has 0 saturated carbocycles. The summed E-state index contributed by atoms with van der Waals surface area (Å²) in [5.41, 5.74) is 3.65. The Morgan fingerprint density at radius 2 is 1.79 bits per heavy atom. The Labute approximate surface area is 171 Å². The summed E-state index contributed by atoms with van der Waals surface area (Å²) in [5, 5.41) is 0. The maximum absolute atomic E-state index is 13.0. The van der Waals surface area contributed by atoms with Crippen molar-refractivity contribution in [3.05, 3.63) is 59.2 Å². The minimum atomic E-state index is -0.263. The molecule has 4 rings (SSSR count). The molecule has 0 spiro atoms. The summed E-state index contributed by atoms with van der Waals surface area (Å²) >= 11 is 0. The molecule has 0 bridgehead atoms. The summed E-state index contributed by atoms with van der Waals surface area (Å²) in [6.07, 6.45) is 1.86. The number of amides is 2. The minimum absolute atomic E-state index is 0.0372. The lowest BCUT2D eigenvalue weighted by atomic mass is 9.98. The van der Waals surface area contributed by atoms with Crippen molar-refractivity contribution in [3.8, 4) is 11.5 Å². The van der Waals surface area contributed by atoms with Gasteiger partial charge in [-0.05, 0) is 29.7 Å². The summed E-state index contributed by atoms with van der Waals surface area (Å²) in [7, 11) is 3.19. The number of hydrogen-bond donors (Lipinski definition) is 1. The van der Waals surface area contributed by atoms with Gasteiger partial charge >= 0.3 is 0 Å². The predicted molar refractivity (Wildman–Crippen MR) is 108 cm³/mol. The van der Waals surface area contributed by atoms with E-state index in [0.717, 1.165) is 25.1 Å². The van der Waals surface area contributed by atoms with E-state index in [1.165, 1.54) is 20.9 Å². The number of benzene rings is 2. The Hall–Kier alpha value is -2.86. The fourth-order valence-corrected chi connectivity index (χ4v) is 4.41. The number of nitrogens with one attached hydrogen (secondary N) is 1. The Kier molecular flexibility index (Phi) is 5.53. The van der Waals surface area contributed by atoms with Crippen LogP contribution in [0, 0.1) is 0 Å². The zero-order valence-corrected chi connectivity index (χ0v) is 16.9. The molecule has 0 radical (unpaired) electrons. The first-order valence-electron chi connectivity index (χ1n) is 10.1. The third-order valence-electron chi connectivity index (χ3n) is 6.06. The van der Waals surface area contributed by atoms with E-state index >= 15 is 0 Å². The molecule has 1 unspecified atom stereocenters. The first-order valence-corrected chi connectivity index (χ1v) is 10.1. The van der Waals surface area contributed by atoms with Gasteiger partial charge in [-0.2, -0.15) is 0 Å². The number of hydrogen-bond acceptors (Lipinski definition) is 4. The summed E-state index contributed by atoms with van der Waals surface area (Å²) in [5.74, 6) is 1.22. The zero-order chi connectivity index (χ0) is 20.4. The van der Waals surface area contributed by atoms with Crippen LogP contribution in [-0.4, -0.2) is 50.1 Å². The molecule has 2 amide bonds. The predicted octanol–water partition coefficient (Wildman–Crippen LogP) is 1.02. The van der Waals surface area contributed by atoms with Crippen LogP contribution in [0.4, 0.5) is 0 Å². The number of rotatable bonds is 6. The van der Waals surface area contributed by atoms with Gasteiger partial charge in [-0.1, -0.05) is 30.3 Å². The Balaban J connectivity index is 1.41. The molecule has 152 valence electrons. The van der Waals surface area contributed by atoms with E-state index in [9.17, 15) is 9.59 Å². The minimum Gasteiger partial charge on any atom is -0.493 e. The number of ether oxygens (including phenoxy) is 2. The van der Waals surface area contributed by atoms with Crippen LogP contribution in [0.5, 0.6) is 11.5 Å². The molecule has 0 aromatic heterocycles. The highest BCUT2D eigenvalue weighted by molar-refractivity contribution is 6.04. The van der Waals surface area contributed by atoms with Crippen LogP contribution in [0.2, 0.25) is 0 Å². The lowest BCUT2D eigenvalue weighted by Crippen LogP contribution is -3.16. The van der Waals surface area contributed by atoms with Gasteiger partial charge in [-0.15, -0.1) is 0 Å². The van der Waals surface area contributed by atoms with E-state index in [-0.39, 0.29) is 17.9 Å². The van der Waals surface area contributed by atoms with Crippen molar-refractivity contribution in [3.63, 3.8) is 0 Å². The largest absolute Gasteiger partial charge is 0.493 e. The van der Waals surface area contributed by atoms with E-state index in [2.05, 4.69) is 18.2 Å². The Morgan fingerprint density at radius 3 is 2.55 bits per heavy atom. The summed E-state index contributed by atoms with van der Waals surface area (Å²) in [6.45, 7) is 2.10. The van der Waals surface area contributed by atoms with Crippen LogP contribution in [0.3, 0.4) is 0 Å². The van der Waals surface area contributed by atoms with Crippen LogP contribution < -0.4 is 14.4 Å². The normalized spacial score (nSPS) is 21.2. The third-order valence-corrected chi connectivity index (χ3v) is 6.06. The summed E-state index contributed by atoms with van der Waals surface area (Å²) in [4.78, 5) is 28.2. The van der Waals surface area contributed by atoms with E-state index in [1.54, 1.807) is 14.2 Å². The molecular weight excluding hydrogens is 368 g/mol. The number of carbonyl (C=O) groups is 2. The molecule has 1 saturated heterocycles. The first kappa shape index (κ1) is 19.5. The maximum Gasteiger partial charge on any atom is 0.288 e. The number of quaternary nitrogens is 1. The average molecular weight is 395 g/mol. The van der Waals surface area contributed by atoms with Crippen LogP contribution in [-0.2, 0) is 29.0 Å². The van der Waals surface area contributed by atoms with Gasteiger partial charge in [-0.25, -0.2) is 0 Å². The maximum atomic E-state index is 13.0. The van der Waals surface area contributed by atoms with Crippen molar-refractivity contribution in [2.75, 3.05) is 27.3 Å². The van der Waals surface area contributed by atoms with Gasteiger partial charge in [0.1, 0.15) is 6.54 Å².